The maximum absolute atomic E-state index is 11.1. The molecule has 2 aromatic rings. The first-order valence-corrected chi connectivity index (χ1v) is 4.95. The molecule has 0 atom stereocenters. The number of non-ortho nitro benzene ring substituents is 1. The van der Waals surface area contributed by atoms with E-state index in [1.807, 2.05) is 0 Å². The summed E-state index contributed by atoms with van der Waals surface area (Å²) in [5.41, 5.74) is 0.196. The highest BCUT2D eigenvalue weighted by atomic mass is 16.6. The minimum Gasteiger partial charge on any atom is -0.477 e. The van der Waals surface area contributed by atoms with E-state index in [0.717, 1.165) is 0 Å². The summed E-state index contributed by atoms with van der Waals surface area (Å²) < 4.78 is 4.81. The maximum Gasteiger partial charge on any atom is 0.341 e. The first-order chi connectivity index (χ1) is 8.50. The van der Waals surface area contributed by atoms with Gasteiger partial charge in [-0.25, -0.2) is 4.79 Å². The van der Waals surface area contributed by atoms with Crippen LogP contribution in [0.1, 0.15) is 16.1 Å². The van der Waals surface area contributed by atoms with E-state index in [1.165, 1.54) is 31.2 Å². The number of aromatic carboxylic acids is 1. The first kappa shape index (κ1) is 11.8. The number of aromatic nitrogens is 1. The third kappa shape index (κ3) is 1.93. The molecule has 1 aromatic heterocycles. The molecule has 18 heavy (non-hydrogen) atoms. The lowest BCUT2D eigenvalue weighted by Gasteiger charge is -1.98. The number of carbonyl (C=O) groups is 1. The molecule has 0 bridgehead atoms. The molecule has 0 fully saturated rings. The fourth-order valence-electron chi connectivity index (χ4n) is 1.59. The lowest BCUT2D eigenvalue weighted by atomic mass is 10.1. The Labute approximate surface area is 101 Å². The molecule has 1 heterocycles. The third-order valence-corrected chi connectivity index (χ3v) is 2.41. The third-order valence-electron chi connectivity index (χ3n) is 2.41. The van der Waals surface area contributed by atoms with E-state index in [4.69, 9.17) is 9.63 Å². The predicted octanol–water partition coefficient (Wildman–Crippen LogP) is 2.26. The molecule has 0 amide bonds. The van der Waals surface area contributed by atoms with Crippen molar-refractivity contribution in [3.63, 3.8) is 0 Å². The molecule has 7 heteroatoms. The summed E-state index contributed by atoms with van der Waals surface area (Å²) in [6.07, 6.45) is 0. The van der Waals surface area contributed by atoms with Crippen LogP contribution in [-0.4, -0.2) is 21.2 Å². The zero-order valence-electron chi connectivity index (χ0n) is 9.28. The van der Waals surface area contributed by atoms with Crippen LogP contribution in [0.25, 0.3) is 11.3 Å². The Bertz CT molecular complexity index is 632. The Morgan fingerprint density at radius 1 is 1.50 bits per heavy atom. The summed E-state index contributed by atoms with van der Waals surface area (Å²) >= 11 is 0. The monoisotopic (exact) mass is 248 g/mol. The quantitative estimate of drug-likeness (QED) is 0.659. The summed E-state index contributed by atoms with van der Waals surface area (Å²) in [6, 6.07) is 5.57. The average Bonchev–Trinajstić information content (AvgIpc) is 2.71. The molecule has 0 aliphatic carbocycles. The molecule has 1 aromatic carbocycles. The minimum absolute atomic E-state index is 0.0868. The highest BCUT2D eigenvalue weighted by Gasteiger charge is 2.21. The number of carboxylic acids is 1. The fourth-order valence-corrected chi connectivity index (χ4v) is 1.59. The summed E-state index contributed by atoms with van der Waals surface area (Å²) in [5, 5.41) is 23.3. The van der Waals surface area contributed by atoms with Crippen molar-refractivity contribution >= 4 is 11.7 Å². The SMILES string of the molecule is Cc1onc(-c2cccc([N+](=O)[O-])c2)c1C(=O)O. The van der Waals surface area contributed by atoms with Gasteiger partial charge in [-0.05, 0) is 6.92 Å². The van der Waals surface area contributed by atoms with E-state index in [0.29, 0.717) is 5.56 Å². The number of carboxylic acid groups (broad SMARTS) is 1. The second-order valence-corrected chi connectivity index (χ2v) is 3.57. The topological polar surface area (TPSA) is 106 Å². The molecule has 1 N–H and O–H groups in total. The van der Waals surface area contributed by atoms with E-state index in [1.54, 1.807) is 0 Å². The summed E-state index contributed by atoms with van der Waals surface area (Å²) in [6.45, 7) is 1.47. The molecule has 0 unspecified atom stereocenters. The van der Waals surface area contributed by atoms with Crippen LogP contribution in [0.5, 0.6) is 0 Å². The van der Waals surface area contributed by atoms with Crippen molar-refractivity contribution in [2.24, 2.45) is 0 Å². The Balaban J connectivity index is 2.59. The lowest BCUT2D eigenvalue weighted by Crippen LogP contribution is -1.99. The Kier molecular flexibility index (Phi) is 2.80. The standard InChI is InChI=1S/C11H8N2O5/c1-6-9(11(14)15)10(12-18-6)7-3-2-4-8(5-7)13(16)17/h2-5H,1H3,(H,14,15). The largest absolute Gasteiger partial charge is 0.477 e. The van der Waals surface area contributed by atoms with Crippen LogP contribution in [0.2, 0.25) is 0 Å². The van der Waals surface area contributed by atoms with Crippen LogP contribution < -0.4 is 0 Å². The number of rotatable bonds is 3. The molecular formula is C11H8N2O5. The second-order valence-electron chi connectivity index (χ2n) is 3.57. The van der Waals surface area contributed by atoms with Crippen LogP contribution >= 0.6 is 0 Å². The molecule has 0 radical (unpaired) electrons. The number of hydrogen-bond acceptors (Lipinski definition) is 5. The lowest BCUT2D eigenvalue weighted by molar-refractivity contribution is -0.384. The number of benzene rings is 1. The van der Waals surface area contributed by atoms with Crippen LogP contribution in [0, 0.1) is 17.0 Å². The van der Waals surface area contributed by atoms with Crippen molar-refractivity contribution in [3.8, 4) is 11.3 Å². The Hall–Kier alpha value is -2.70. The molecule has 0 saturated heterocycles. The fraction of sp³-hybridized carbons (Fsp3) is 0.0909. The zero-order chi connectivity index (χ0) is 13.3. The molecule has 0 aliphatic heterocycles. The van der Waals surface area contributed by atoms with Gasteiger partial charge in [0, 0.05) is 17.7 Å². The van der Waals surface area contributed by atoms with E-state index < -0.39 is 10.9 Å². The minimum atomic E-state index is -1.18. The van der Waals surface area contributed by atoms with Gasteiger partial charge in [-0.15, -0.1) is 0 Å². The van der Waals surface area contributed by atoms with Crippen molar-refractivity contribution in [2.75, 3.05) is 0 Å². The summed E-state index contributed by atoms with van der Waals surface area (Å²) in [5.74, 6) is -1.03. The molecule has 2 rings (SSSR count). The van der Waals surface area contributed by atoms with E-state index in [2.05, 4.69) is 5.16 Å². The number of aryl methyl sites for hydroxylation is 1. The van der Waals surface area contributed by atoms with E-state index >= 15 is 0 Å². The van der Waals surface area contributed by atoms with Gasteiger partial charge in [-0.2, -0.15) is 0 Å². The Morgan fingerprint density at radius 3 is 2.83 bits per heavy atom. The van der Waals surface area contributed by atoms with E-state index in [9.17, 15) is 14.9 Å². The second kappa shape index (κ2) is 4.28. The molecule has 92 valence electrons. The number of nitrogens with zero attached hydrogens (tertiary/aromatic N) is 2. The van der Waals surface area contributed by atoms with Gasteiger partial charge in [0.2, 0.25) is 0 Å². The van der Waals surface area contributed by atoms with Crippen molar-refractivity contribution in [1.29, 1.82) is 0 Å². The van der Waals surface area contributed by atoms with Crippen molar-refractivity contribution in [2.45, 2.75) is 6.92 Å². The molecule has 0 spiro atoms. The highest BCUT2D eigenvalue weighted by Crippen LogP contribution is 2.27. The average molecular weight is 248 g/mol. The Morgan fingerprint density at radius 2 is 2.22 bits per heavy atom. The first-order valence-electron chi connectivity index (χ1n) is 4.95. The van der Waals surface area contributed by atoms with Crippen LogP contribution in [-0.2, 0) is 0 Å². The van der Waals surface area contributed by atoms with Crippen molar-refractivity contribution in [1.82, 2.24) is 5.16 Å². The smallest absolute Gasteiger partial charge is 0.341 e. The van der Waals surface area contributed by atoms with Gasteiger partial charge < -0.3 is 9.63 Å². The molecular weight excluding hydrogens is 240 g/mol. The normalized spacial score (nSPS) is 10.3. The van der Waals surface area contributed by atoms with Crippen LogP contribution in [0.3, 0.4) is 0 Å². The summed E-state index contributed by atoms with van der Waals surface area (Å²) in [7, 11) is 0. The van der Waals surface area contributed by atoms with Gasteiger partial charge in [0.05, 0.1) is 4.92 Å². The van der Waals surface area contributed by atoms with Crippen LogP contribution in [0.4, 0.5) is 5.69 Å². The van der Waals surface area contributed by atoms with Gasteiger partial charge in [-0.1, -0.05) is 17.3 Å². The van der Waals surface area contributed by atoms with Gasteiger partial charge in [-0.3, -0.25) is 10.1 Å². The number of hydrogen-bond donors (Lipinski definition) is 1. The van der Waals surface area contributed by atoms with Crippen LogP contribution in [0.15, 0.2) is 28.8 Å². The zero-order valence-corrected chi connectivity index (χ0v) is 9.28. The van der Waals surface area contributed by atoms with Gasteiger partial charge >= 0.3 is 5.97 Å². The van der Waals surface area contributed by atoms with Crippen molar-refractivity contribution < 1.29 is 19.3 Å². The van der Waals surface area contributed by atoms with Gasteiger partial charge in [0.15, 0.2) is 0 Å². The van der Waals surface area contributed by atoms with E-state index in [-0.39, 0.29) is 22.7 Å². The van der Waals surface area contributed by atoms with Gasteiger partial charge in [0.1, 0.15) is 17.0 Å². The number of nitro benzene ring substituents is 1. The molecule has 0 aliphatic rings. The maximum atomic E-state index is 11.1. The van der Waals surface area contributed by atoms with Gasteiger partial charge in [0.25, 0.3) is 5.69 Å². The predicted molar refractivity (Wildman–Crippen MR) is 60.3 cm³/mol. The molecule has 0 saturated carbocycles. The highest BCUT2D eigenvalue weighted by molar-refractivity contribution is 5.95. The summed E-state index contributed by atoms with van der Waals surface area (Å²) in [4.78, 5) is 21.2. The molecule has 7 nitrogen and oxygen atoms in total. The van der Waals surface area contributed by atoms with Crippen molar-refractivity contribution in [3.05, 3.63) is 45.7 Å². The number of nitro groups is 1.